The highest BCUT2D eigenvalue weighted by Crippen LogP contribution is 2.23. The fourth-order valence-corrected chi connectivity index (χ4v) is 3.52. The van der Waals surface area contributed by atoms with Gasteiger partial charge in [0.05, 0.1) is 19.3 Å². The van der Waals surface area contributed by atoms with Crippen molar-refractivity contribution in [3.63, 3.8) is 0 Å². The summed E-state index contributed by atoms with van der Waals surface area (Å²) in [5, 5.41) is 2.98. The molecule has 1 unspecified atom stereocenters. The number of oxazole rings is 1. The van der Waals surface area contributed by atoms with E-state index in [0.29, 0.717) is 36.6 Å². The van der Waals surface area contributed by atoms with Gasteiger partial charge in [0.2, 0.25) is 0 Å². The maximum Gasteiger partial charge on any atom is 0.299 e. The van der Waals surface area contributed by atoms with Crippen molar-refractivity contribution in [2.45, 2.75) is 26.4 Å². The maximum absolute atomic E-state index is 13.6. The van der Waals surface area contributed by atoms with Crippen LogP contribution in [0, 0.1) is 19.7 Å². The van der Waals surface area contributed by atoms with Gasteiger partial charge < -0.3 is 19.2 Å². The Hall–Kier alpha value is -2.14. The molecule has 29 heavy (non-hydrogen) atoms. The van der Waals surface area contributed by atoms with Gasteiger partial charge in [-0.05, 0) is 43.5 Å². The number of carbonyl (C=O) groups is 1. The molecule has 158 valence electrons. The van der Waals surface area contributed by atoms with Crippen molar-refractivity contribution in [2.75, 3.05) is 38.7 Å². The van der Waals surface area contributed by atoms with Gasteiger partial charge in [-0.1, -0.05) is 0 Å². The quantitative estimate of drug-likeness (QED) is 0.655. The van der Waals surface area contributed by atoms with Gasteiger partial charge in [0.15, 0.2) is 5.69 Å². The van der Waals surface area contributed by atoms with Gasteiger partial charge in [-0.3, -0.25) is 9.52 Å². The summed E-state index contributed by atoms with van der Waals surface area (Å²) in [6.45, 7) is 6.06. The zero-order valence-corrected chi connectivity index (χ0v) is 17.5. The second-order valence-electron chi connectivity index (χ2n) is 6.77. The standard InChI is InChI=1S/C19H25FN4O4S/c1-12-9-16(13(2)8-15(12)20)21-19-22-17(11-28-19)18(25)23-29-24-5-4-14(10-26-3)27-7-6-24/h8-9,11,14H,4-7,10H2,1-3H3,(H,21,22)(H,23,25). The lowest BCUT2D eigenvalue weighted by molar-refractivity contribution is 0.00564. The Balaban J connectivity index is 1.52. The van der Waals surface area contributed by atoms with E-state index in [1.807, 2.05) is 4.31 Å². The predicted octanol–water partition coefficient (Wildman–Crippen LogP) is 3.20. The molecule has 2 N–H and O–H groups in total. The molecule has 0 bridgehead atoms. The minimum absolute atomic E-state index is 0.0732. The van der Waals surface area contributed by atoms with Crippen molar-refractivity contribution in [3.8, 4) is 0 Å². The second kappa shape index (κ2) is 10.1. The number of halogens is 1. The summed E-state index contributed by atoms with van der Waals surface area (Å²) in [5.41, 5.74) is 2.04. The van der Waals surface area contributed by atoms with Crippen LogP contribution < -0.4 is 10.0 Å². The number of methoxy groups -OCH3 is 1. The van der Waals surface area contributed by atoms with Crippen LogP contribution in [0.1, 0.15) is 28.0 Å². The van der Waals surface area contributed by atoms with E-state index in [4.69, 9.17) is 13.9 Å². The number of hydrogen-bond acceptors (Lipinski definition) is 8. The number of rotatable bonds is 7. The summed E-state index contributed by atoms with van der Waals surface area (Å²) in [4.78, 5) is 16.5. The van der Waals surface area contributed by atoms with Gasteiger partial charge in [-0.15, -0.1) is 0 Å². The molecule has 0 radical (unpaired) electrons. The van der Waals surface area contributed by atoms with Gasteiger partial charge >= 0.3 is 0 Å². The van der Waals surface area contributed by atoms with E-state index >= 15 is 0 Å². The molecule has 1 amide bonds. The average molecular weight is 424 g/mol. The first-order valence-corrected chi connectivity index (χ1v) is 10.1. The fraction of sp³-hybridized carbons (Fsp3) is 0.474. The summed E-state index contributed by atoms with van der Waals surface area (Å²) >= 11 is 1.22. The molecule has 2 heterocycles. The van der Waals surface area contributed by atoms with Crippen LogP contribution >= 0.6 is 12.1 Å². The van der Waals surface area contributed by atoms with Crippen LogP contribution in [0.2, 0.25) is 0 Å². The number of nitrogens with one attached hydrogen (secondary N) is 2. The first kappa shape index (κ1) is 21.6. The van der Waals surface area contributed by atoms with Gasteiger partial charge in [-0.25, -0.2) is 8.70 Å². The molecule has 1 atom stereocenters. The van der Waals surface area contributed by atoms with Gasteiger partial charge in [-0.2, -0.15) is 4.98 Å². The molecule has 1 aromatic heterocycles. The largest absolute Gasteiger partial charge is 0.431 e. The molecule has 1 aliphatic heterocycles. The molecule has 3 rings (SSSR count). The van der Waals surface area contributed by atoms with E-state index in [2.05, 4.69) is 15.0 Å². The molecule has 1 fully saturated rings. The molecule has 0 saturated carbocycles. The SMILES string of the molecule is COCC1CCN(SNC(=O)c2coc(Nc3cc(C)c(F)cc3C)n2)CCO1. The van der Waals surface area contributed by atoms with E-state index in [-0.39, 0.29) is 29.5 Å². The molecule has 1 saturated heterocycles. The maximum atomic E-state index is 13.6. The summed E-state index contributed by atoms with van der Waals surface area (Å²) in [6.07, 6.45) is 2.18. The molecule has 0 spiro atoms. The number of benzene rings is 1. The molecule has 1 aliphatic rings. The molecular weight excluding hydrogens is 399 g/mol. The lowest BCUT2D eigenvalue weighted by atomic mass is 10.1. The molecule has 2 aromatic rings. The Labute approximate surface area is 173 Å². The van der Waals surface area contributed by atoms with Gasteiger partial charge in [0.1, 0.15) is 12.1 Å². The van der Waals surface area contributed by atoms with Crippen molar-refractivity contribution >= 4 is 29.7 Å². The van der Waals surface area contributed by atoms with Gasteiger partial charge in [0.25, 0.3) is 11.9 Å². The second-order valence-corrected chi connectivity index (χ2v) is 7.67. The minimum Gasteiger partial charge on any atom is -0.431 e. The Morgan fingerprint density at radius 3 is 3.00 bits per heavy atom. The number of carbonyl (C=O) groups excluding carboxylic acids is 1. The smallest absolute Gasteiger partial charge is 0.299 e. The molecular formula is C19H25FN4O4S. The van der Waals surface area contributed by atoms with Gasteiger partial charge in [0, 0.05) is 38.0 Å². The van der Waals surface area contributed by atoms with Crippen molar-refractivity contribution < 1.29 is 23.1 Å². The number of aryl methyl sites for hydroxylation is 2. The highest BCUT2D eigenvalue weighted by Gasteiger charge is 2.20. The average Bonchev–Trinajstić information content (AvgIpc) is 3.04. The number of amides is 1. The predicted molar refractivity (Wildman–Crippen MR) is 109 cm³/mol. The van der Waals surface area contributed by atoms with Crippen LogP contribution in [-0.2, 0) is 9.47 Å². The van der Waals surface area contributed by atoms with E-state index in [9.17, 15) is 9.18 Å². The van der Waals surface area contributed by atoms with Crippen molar-refractivity contribution in [3.05, 3.63) is 41.0 Å². The minimum atomic E-state index is -0.364. The van der Waals surface area contributed by atoms with Crippen LogP contribution in [0.3, 0.4) is 0 Å². The summed E-state index contributed by atoms with van der Waals surface area (Å²) in [7, 11) is 1.65. The third kappa shape index (κ3) is 5.92. The Morgan fingerprint density at radius 2 is 2.21 bits per heavy atom. The number of nitrogens with zero attached hydrogens (tertiary/aromatic N) is 2. The van der Waals surface area contributed by atoms with Crippen LogP contribution in [0.4, 0.5) is 16.1 Å². The van der Waals surface area contributed by atoms with Crippen LogP contribution in [0.15, 0.2) is 22.8 Å². The zero-order chi connectivity index (χ0) is 20.8. The number of ether oxygens (including phenoxy) is 2. The lowest BCUT2D eigenvalue weighted by Gasteiger charge is -2.17. The molecule has 0 aliphatic carbocycles. The molecule has 1 aromatic carbocycles. The monoisotopic (exact) mass is 424 g/mol. The first-order chi connectivity index (χ1) is 14.0. The Bertz CT molecular complexity index is 848. The summed E-state index contributed by atoms with van der Waals surface area (Å²) in [6, 6.07) is 3.27. The molecule has 8 nitrogen and oxygen atoms in total. The highest BCUT2D eigenvalue weighted by atomic mass is 32.2. The topological polar surface area (TPSA) is 88.9 Å². The van der Waals surface area contributed by atoms with E-state index < -0.39 is 0 Å². The lowest BCUT2D eigenvalue weighted by Crippen LogP contribution is -2.27. The first-order valence-electron chi connectivity index (χ1n) is 9.28. The van der Waals surface area contributed by atoms with E-state index in [1.54, 1.807) is 27.0 Å². The van der Waals surface area contributed by atoms with Crippen molar-refractivity contribution in [1.29, 1.82) is 0 Å². The molecule has 10 heteroatoms. The zero-order valence-electron chi connectivity index (χ0n) is 16.7. The number of anilines is 2. The van der Waals surface area contributed by atoms with Crippen LogP contribution in [-0.4, -0.2) is 54.7 Å². The highest BCUT2D eigenvalue weighted by molar-refractivity contribution is 7.95. The van der Waals surface area contributed by atoms with E-state index in [1.165, 1.54) is 24.5 Å². The number of aromatic nitrogens is 1. The third-order valence-electron chi connectivity index (χ3n) is 4.50. The normalized spacial score (nSPS) is 17.7. The summed E-state index contributed by atoms with van der Waals surface area (Å²) < 4.78 is 34.5. The Kier molecular flexibility index (Phi) is 7.48. The summed E-state index contributed by atoms with van der Waals surface area (Å²) in [5.74, 6) is -0.637. The third-order valence-corrected chi connectivity index (χ3v) is 5.40. The van der Waals surface area contributed by atoms with Crippen molar-refractivity contribution in [1.82, 2.24) is 14.0 Å². The van der Waals surface area contributed by atoms with Crippen LogP contribution in [0.25, 0.3) is 0 Å². The van der Waals surface area contributed by atoms with Crippen LogP contribution in [0.5, 0.6) is 0 Å². The fourth-order valence-electron chi connectivity index (χ4n) is 2.84. The Morgan fingerprint density at radius 1 is 1.38 bits per heavy atom. The van der Waals surface area contributed by atoms with E-state index in [0.717, 1.165) is 13.0 Å². The van der Waals surface area contributed by atoms with Crippen molar-refractivity contribution in [2.24, 2.45) is 0 Å². The number of hydrogen-bond donors (Lipinski definition) is 2.